The van der Waals surface area contributed by atoms with Crippen molar-refractivity contribution in [1.82, 2.24) is 19.5 Å². The third kappa shape index (κ3) is 2.69. The molecule has 3 heterocycles. The molecule has 1 saturated heterocycles. The monoisotopic (exact) mass is 360 g/mol. The number of amides is 1. The molecule has 1 aromatic carbocycles. The number of carbonyl (C=O) groups excluding carboxylic acids is 1. The number of carbonyl (C=O) groups is 1. The standard InChI is InChI=1S/C17H20N4OS2/c1-11-6-5-7-12(2)20(11)15(22)10-23-16-18-19-17-21(16)13-8-3-4-9-14(13)24-17/h3-4,8-9,11-12H,5-7,10H2,1-2H3. The van der Waals surface area contributed by atoms with Crippen LogP contribution in [-0.2, 0) is 4.79 Å². The van der Waals surface area contributed by atoms with Crippen LogP contribution in [0, 0.1) is 0 Å². The molecule has 0 spiro atoms. The summed E-state index contributed by atoms with van der Waals surface area (Å²) in [5.41, 5.74) is 1.11. The van der Waals surface area contributed by atoms with Crippen LogP contribution in [0.4, 0.5) is 0 Å². The fourth-order valence-electron chi connectivity index (χ4n) is 3.56. The lowest BCUT2D eigenvalue weighted by Gasteiger charge is -2.39. The topological polar surface area (TPSA) is 50.5 Å². The molecule has 1 fully saturated rings. The normalized spacial score (nSPS) is 21.7. The molecule has 0 aliphatic carbocycles. The van der Waals surface area contributed by atoms with Crippen LogP contribution in [0.3, 0.4) is 0 Å². The molecule has 5 nitrogen and oxygen atoms in total. The van der Waals surface area contributed by atoms with Crippen molar-refractivity contribution in [1.29, 1.82) is 0 Å². The highest BCUT2D eigenvalue weighted by atomic mass is 32.2. The van der Waals surface area contributed by atoms with Gasteiger partial charge in [-0.1, -0.05) is 35.2 Å². The van der Waals surface area contributed by atoms with Crippen LogP contribution in [0.2, 0.25) is 0 Å². The molecule has 1 aliphatic heterocycles. The first-order valence-corrected chi connectivity index (χ1v) is 10.1. The number of aromatic nitrogens is 3. The molecule has 0 saturated carbocycles. The Morgan fingerprint density at radius 3 is 2.79 bits per heavy atom. The minimum Gasteiger partial charge on any atom is -0.337 e. The number of likely N-dealkylation sites (tertiary alicyclic amines) is 1. The highest BCUT2D eigenvalue weighted by Gasteiger charge is 2.29. The number of fused-ring (bicyclic) bond motifs is 3. The van der Waals surface area contributed by atoms with E-state index in [0.29, 0.717) is 17.8 Å². The van der Waals surface area contributed by atoms with E-state index in [4.69, 9.17) is 0 Å². The van der Waals surface area contributed by atoms with E-state index in [9.17, 15) is 4.79 Å². The molecule has 7 heteroatoms. The predicted octanol–water partition coefficient (Wildman–Crippen LogP) is 3.83. The van der Waals surface area contributed by atoms with Crippen LogP contribution in [-0.4, -0.2) is 43.2 Å². The summed E-state index contributed by atoms with van der Waals surface area (Å²) in [6.45, 7) is 4.31. The summed E-state index contributed by atoms with van der Waals surface area (Å²) in [5.74, 6) is 0.621. The fraction of sp³-hybridized carbons (Fsp3) is 0.471. The number of benzene rings is 1. The molecule has 4 rings (SSSR count). The summed E-state index contributed by atoms with van der Waals surface area (Å²) in [6, 6.07) is 8.88. The summed E-state index contributed by atoms with van der Waals surface area (Å²) >= 11 is 3.11. The maximum atomic E-state index is 12.7. The number of hydrogen-bond acceptors (Lipinski definition) is 5. The number of nitrogens with zero attached hydrogens (tertiary/aromatic N) is 4. The molecule has 24 heavy (non-hydrogen) atoms. The van der Waals surface area contributed by atoms with Crippen molar-refractivity contribution in [3.63, 3.8) is 0 Å². The minimum absolute atomic E-state index is 0.205. The summed E-state index contributed by atoms with van der Waals surface area (Å²) in [5, 5.41) is 9.34. The average molecular weight is 361 g/mol. The number of thioether (sulfide) groups is 1. The van der Waals surface area contributed by atoms with Crippen LogP contribution in [0.25, 0.3) is 15.2 Å². The SMILES string of the molecule is CC1CCCC(C)N1C(=O)CSc1nnc2sc3ccccc3n12. The first kappa shape index (κ1) is 15.9. The molecule has 0 radical (unpaired) electrons. The van der Waals surface area contributed by atoms with E-state index in [2.05, 4.69) is 45.5 Å². The van der Waals surface area contributed by atoms with Crippen LogP contribution < -0.4 is 0 Å². The van der Waals surface area contributed by atoms with Gasteiger partial charge in [-0.25, -0.2) is 0 Å². The van der Waals surface area contributed by atoms with Crippen molar-refractivity contribution in [2.45, 2.75) is 50.4 Å². The zero-order chi connectivity index (χ0) is 16.7. The Kier molecular flexibility index (Phi) is 4.22. The Bertz CT molecular complexity index is 877. The van der Waals surface area contributed by atoms with E-state index < -0.39 is 0 Å². The third-order valence-corrected chi connectivity index (χ3v) is 6.64. The molecule has 0 N–H and O–H groups in total. The quantitative estimate of drug-likeness (QED) is 0.666. The van der Waals surface area contributed by atoms with Crippen molar-refractivity contribution < 1.29 is 4.79 Å². The molecule has 2 aromatic heterocycles. The van der Waals surface area contributed by atoms with Crippen LogP contribution in [0.5, 0.6) is 0 Å². The molecule has 0 bridgehead atoms. The molecule has 2 unspecified atom stereocenters. The summed E-state index contributed by atoms with van der Waals surface area (Å²) in [4.78, 5) is 15.6. The van der Waals surface area contributed by atoms with Crippen molar-refractivity contribution in [3.05, 3.63) is 24.3 Å². The van der Waals surface area contributed by atoms with Crippen molar-refractivity contribution in [2.75, 3.05) is 5.75 Å². The highest BCUT2D eigenvalue weighted by Crippen LogP contribution is 2.30. The van der Waals surface area contributed by atoms with E-state index in [0.717, 1.165) is 28.5 Å². The van der Waals surface area contributed by atoms with Gasteiger partial charge in [-0.15, -0.1) is 10.2 Å². The maximum Gasteiger partial charge on any atom is 0.233 e. The highest BCUT2D eigenvalue weighted by molar-refractivity contribution is 7.99. The van der Waals surface area contributed by atoms with E-state index in [-0.39, 0.29) is 5.91 Å². The lowest BCUT2D eigenvalue weighted by molar-refractivity contribution is -0.134. The van der Waals surface area contributed by atoms with Gasteiger partial charge in [-0.05, 0) is 45.2 Å². The smallest absolute Gasteiger partial charge is 0.233 e. The van der Waals surface area contributed by atoms with Gasteiger partial charge in [-0.2, -0.15) is 0 Å². The Hall–Kier alpha value is -1.60. The molecule has 3 aromatic rings. The number of hydrogen-bond donors (Lipinski definition) is 0. The van der Waals surface area contributed by atoms with Crippen molar-refractivity contribution >= 4 is 44.2 Å². The van der Waals surface area contributed by atoms with Crippen molar-refractivity contribution in [3.8, 4) is 0 Å². The molecule has 1 aliphatic rings. The summed E-state index contributed by atoms with van der Waals surface area (Å²) < 4.78 is 3.25. The van der Waals surface area contributed by atoms with Gasteiger partial charge in [0.2, 0.25) is 10.9 Å². The van der Waals surface area contributed by atoms with Crippen LogP contribution in [0.15, 0.2) is 29.4 Å². The Balaban J connectivity index is 1.55. The first-order chi connectivity index (χ1) is 11.6. The zero-order valence-electron chi connectivity index (χ0n) is 13.8. The second kappa shape index (κ2) is 6.37. The van der Waals surface area contributed by atoms with E-state index in [1.54, 1.807) is 11.3 Å². The molecule has 126 valence electrons. The van der Waals surface area contributed by atoms with Gasteiger partial charge in [-0.3, -0.25) is 9.20 Å². The molecule has 2 atom stereocenters. The van der Waals surface area contributed by atoms with Gasteiger partial charge < -0.3 is 4.90 Å². The van der Waals surface area contributed by atoms with Gasteiger partial charge >= 0.3 is 0 Å². The van der Waals surface area contributed by atoms with Crippen LogP contribution >= 0.6 is 23.1 Å². The van der Waals surface area contributed by atoms with Gasteiger partial charge in [0.25, 0.3) is 0 Å². The van der Waals surface area contributed by atoms with E-state index >= 15 is 0 Å². The average Bonchev–Trinajstić information content (AvgIpc) is 3.12. The number of para-hydroxylation sites is 1. The zero-order valence-corrected chi connectivity index (χ0v) is 15.4. The van der Waals surface area contributed by atoms with E-state index in [1.165, 1.54) is 22.9 Å². The second-order valence-corrected chi connectivity index (χ2v) is 8.34. The van der Waals surface area contributed by atoms with Gasteiger partial charge in [0.15, 0.2) is 5.16 Å². The first-order valence-electron chi connectivity index (χ1n) is 8.32. The Labute approximate surface area is 149 Å². The Morgan fingerprint density at radius 2 is 2.00 bits per heavy atom. The fourth-order valence-corrected chi connectivity index (χ4v) is 5.40. The third-order valence-electron chi connectivity index (χ3n) is 4.72. The lowest BCUT2D eigenvalue weighted by Crippen LogP contribution is -2.48. The van der Waals surface area contributed by atoms with Gasteiger partial charge in [0, 0.05) is 12.1 Å². The number of rotatable bonds is 3. The number of piperidine rings is 1. The second-order valence-electron chi connectivity index (χ2n) is 6.39. The maximum absolute atomic E-state index is 12.7. The van der Waals surface area contributed by atoms with Crippen LogP contribution in [0.1, 0.15) is 33.1 Å². The minimum atomic E-state index is 0.205. The van der Waals surface area contributed by atoms with Gasteiger partial charge in [0.05, 0.1) is 16.0 Å². The summed E-state index contributed by atoms with van der Waals surface area (Å²) in [6.07, 6.45) is 3.42. The molecular formula is C17H20N4OS2. The molecular weight excluding hydrogens is 340 g/mol. The Morgan fingerprint density at radius 1 is 1.25 bits per heavy atom. The van der Waals surface area contributed by atoms with Crippen molar-refractivity contribution in [2.24, 2.45) is 0 Å². The number of thiazole rings is 1. The van der Waals surface area contributed by atoms with Gasteiger partial charge in [0.1, 0.15) is 0 Å². The lowest BCUT2D eigenvalue weighted by atomic mass is 9.98. The largest absolute Gasteiger partial charge is 0.337 e. The molecule has 1 amide bonds. The summed E-state index contributed by atoms with van der Waals surface area (Å²) in [7, 11) is 0. The van der Waals surface area contributed by atoms with E-state index in [1.807, 2.05) is 12.1 Å². The predicted molar refractivity (Wildman–Crippen MR) is 98.7 cm³/mol.